The Morgan fingerprint density at radius 2 is 0.900 bits per heavy atom. The van der Waals surface area contributed by atoms with Crippen LogP contribution in [0.1, 0.15) is 169 Å². The van der Waals surface area contributed by atoms with Crippen LogP contribution in [0.5, 0.6) is 5.75 Å². The number of aliphatic imine (C=N–C) groups is 2. The molecule has 6 amide bonds. The third-order valence-corrected chi connectivity index (χ3v) is 7.93. The second-order valence-corrected chi connectivity index (χ2v) is 22.1. The lowest BCUT2D eigenvalue weighted by molar-refractivity contribution is 0.0268. The average Bonchev–Trinajstić information content (AvgIpc) is 3.12. The van der Waals surface area contributed by atoms with Crippen LogP contribution in [-0.2, 0) is 28.4 Å². The van der Waals surface area contributed by atoms with Crippen LogP contribution >= 0.6 is 0 Å². The fraction of sp³-hybridized carbons (Fsp3) is 0.694. The average molecular weight is 991 g/mol. The zero-order valence-corrected chi connectivity index (χ0v) is 45.0. The molecule has 70 heavy (non-hydrogen) atoms. The monoisotopic (exact) mass is 991 g/mol. The molecular formula is C49H82N8O13. The summed E-state index contributed by atoms with van der Waals surface area (Å²) < 4.78 is 38.9. The number of amides is 6. The lowest BCUT2D eigenvalue weighted by atomic mass is 10.2. The maximum atomic E-state index is 14.1. The van der Waals surface area contributed by atoms with Crippen LogP contribution in [0.2, 0.25) is 0 Å². The number of rotatable bonds is 14. The highest BCUT2D eigenvalue weighted by Crippen LogP contribution is 2.20. The summed E-state index contributed by atoms with van der Waals surface area (Å²) in [6.45, 7) is 30.8. The van der Waals surface area contributed by atoms with Gasteiger partial charge in [0.1, 0.15) is 45.2 Å². The SMILES string of the molecule is CC(C)(C)OC(=O)/N=C(\NCCCCCCN(C(=O)OC(C)(C)C)/C(=N\C(=O)OC(C)(C)C)N(CCCCOc1ccc(C(=N)NC(=O)OC(C)(C)C)cc1)C(=O)OC(C)(C)C)NC(=O)OC(C)(C)C. The number of alkyl carbamates (subject to hydrolysis) is 2. The number of carbonyl (C=O) groups excluding carboxylic acids is 6. The van der Waals surface area contributed by atoms with E-state index in [1.54, 1.807) is 149 Å². The molecule has 0 heterocycles. The molecular weight excluding hydrogens is 909 g/mol. The topological polar surface area (TPSA) is 258 Å². The van der Waals surface area contributed by atoms with Gasteiger partial charge in [0.15, 0.2) is 0 Å². The molecule has 0 radical (unpaired) electrons. The number of hydrogen-bond donors (Lipinski definition) is 4. The van der Waals surface area contributed by atoms with Gasteiger partial charge in [-0.25, -0.2) is 38.6 Å². The van der Waals surface area contributed by atoms with Gasteiger partial charge in [-0.15, -0.1) is 9.98 Å². The molecule has 1 rings (SSSR count). The Bertz CT molecular complexity index is 1980. The van der Waals surface area contributed by atoms with Gasteiger partial charge in [0.05, 0.1) is 6.61 Å². The van der Waals surface area contributed by atoms with Crippen LogP contribution in [-0.4, -0.2) is 124 Å². The Balaban J connectivity index is 3.36. The standard InChI is InChI=1S/C49H82N8O13/c1-44(2,3)65-38(58)52-35(50)33-25-27-34(28-26-33)64-32-24-23-31-57(43(63)70-49(16,17)18)37(55-41(61)68-47(10,11)12)56(42(62)69-48(13,14)15)30-22-20-19-21-29-51-36(53-39(59)66-45(4,5)6)54-40(60)67-46(7,8)9/h25-28H,19-24,29-32H2,1-18H3,(H2,50,52,58)(H2,51,53,54,59,60)/b55-37+. The van der Waals surface area contributed by atoms with Gasteiger partial charge >= 0.3 is 36.6 Å². The summed E-state index contributed by atoms with van der Waals surface area (Å²) in [6, 6.07) is 6.54. The number of unbranched alkanes of at least 4 members (excludes halogenated alkanes) is 4. The molecule has 0 bridgehead atoms. The highest BCUT2D eigenvalue weighted by molar-refractivity contribution is 6.05. The van der Waals surface area contributed by atoms with Crippen LogP contribution in [0, 0.1) is 5.41 Å². The predicted molar refractivity (Wildman–Crippen MR) is 266 cm³/mol. The van der Waals surface area contributed by atoms with Gasteiger partial charge in [0.2, 0.25) is 11.9 Å². The Hall–Kier alpha value is -6.15. The fourth-order valence-electron chi connectivity index (χ4n) is 5.41. The van der Waals surface area contributed by atoms with Crippen molar-refractivity contribution >= 4 is 54.3 Å². The van der Waals surface area contributed by atoms with Crippen molar-refractivity contribution in [3.63, 3.8) is 0 Å². The summed E-state index contributed by atoms with van der Waals surface area (Å²) in [7, 11) is 0. The van der Waals surface area contributed by atoms with Crippen LogP contribution < -0.4 is 20.7 Å². The minimum absolute atomic E-state index is 0.0430. The first-order valence-corrected chi connectivity index (χ1v) is 23.5. The van der Waals surface area contributed by atoms with Gasteiger partial charge in [0.25, 0.3) is 0 Å². The van der Waals surface area contributed by atoms with Gasteiger partial charge in [0, 0.05) is 25.2 Å². The molecule has 0 aliphatic carbocycles. The maximum absolute atomic E-state index is 14.1. The Kier molecular flexibility index (Phi) is 23.6. The number of guanidine groups is 2. The molecule has 1 aromatic carbocycles. The number of carbonyl (C=O) groups is 6. The van der Waals surface area contributed by atoms with Gasteiger partial charge in [-0.05, 0) is 175 Å². The zero-order valence-electron chi connectivity index (χ0n) is 45.0. The first kappa shape index (κ1) is 61.9. The van der Waals surface area contributed by atoms with Crippen LogP contribution in [0.15, 0.2) is 34.3 Å². The van der Waals surface area contributed by atoms with Gasteiger partial charge in [-0.2, -0.15) is 0 Å². The van der Waals surface area contributed by atoms with Crippen molar-refractivity contribution in [3.05, 3.63) is 29.8 Å². The van der Waals surface area contributed by atoms with Crippen molar-refractivity contribution in [1.82, 2.24) is 25.8 Å². The number of amidine groups is 1. The van der Waals surface area contributed by atoms with Gasteiger partial charge in [-0.3, -0.25) is 16.0 Å². The Labute approximate surface area is 415 Å². The molecule has 0 atom stereocenters. The summed E-state index contributed by atoms with van der Waals surface area (Å²) in [5, 5.41) is 16.0. The Morgan fingerprint density at radius 1 is 0.500 bits per heavy atom. The molecule has 0 saturated heterocycles. The molecule has 0 fully saturated rings. The quantitative estimate of drug-likeness (QED) is 0.0585. The number of hydrogen-bond acceptors (Lipinski definition) is 14. The largest absolute Gasteiger partial charge is 0.494 e. The van der Waals surface area contributed by atoms with Crippen molar-refractivity contribution in [2.24, 2.45) is 9.98 Å². The zero-order chi connectivity index (χ0) is 53.9. The highest BCUT2D eigenvalue weighted by Gasteiger charge is 2.35. The van der Waals surface area contributed by atoms with Gasteiger partial charge < -0.3 is 38.5 Å². The van der Waals surface area contributed by atoms with Crippen molar-refractivity contribution in [1.29, 1.82) is 5.41 Å². The van der Waals surface area contributed by atoms with E-state index in [9.17, 15) is 28.8 Å². The van der Waals surface area contributed by atoms with E-state index in [4.69, 9.17) is 38.6 Å². The van der Waals surface area contributed by atoms with Gasteiger partial charge in [-0.1, -0.05) is 12.8 Å². The van der Waals surface area contributed by atoms with E-state index in [2.05, 4.69) is 25.9 Å². The van der Waals surface area contributed by atoms with Crippen molar-refractivity contribution in [3.8, 4) is 5.75 Å². The minimum Gasteiger partial charge on any atom is -0.494 e. The van der Waals surface area contributed by atoms with Crippen molar-refractivity contribution < 1.29 is 61.9 Å². The van der Waals surface area contributed by atoms with Crippen molar-refractivity contribution in [2.45, 2.75) is 197 Å². The second kappa shape index (κ2) is 26.7. The third kappa shape index (κ3) is 29.7. The molecule has 396 valence electrons. The normalized spacial score (nSPS) is 12.7. The van der Waals surface area contributed by atoms with E-state index in [0.29, 0.717) is 49.8 Å². The van der Waals surface area contributed by atoms with Crippen molar-refractivity contribution in [2.75, 3.05) is 26.2 Å². The minimum atomic E-state index is -1.05. The number of nitrogens with one attached hydrogen (secondary N) is 4. The first-order chi connectivity index (χ1) is 31.8. The lowest BCUT2D eigenvalue weighted by Crippen LogP contribution is -2.53. The van der Waals surface area contributed by atoms with E-state index < -0.39 is 70.2 Å². The van der Waals surface area contributed by atoms with Crippen LogP contribution in [0.25, 0.3) is 0 Å². The number of nitrogens with zero attached hydrogens (tertiary/aromatic N) is 4. The Morgan fingerprint density at radius 3 is 1.34 bits per heavy atom. The molecule has 0 aliphatic heterocycles. The number of benzene rings is 1. The fourth-order valence-corrected chi connectivity index (χ4v) is 5.41. The van der Waals surface area contributed by atoms with E-state index in [0.717, 1.165) is 9.80 Å². The second-order valence-electron chi connectivity index (χ2n) is 22.1. The summed E-state index contributed by atoms with van der Waals surface area (Å²) in [4.78, 5) is 89.2. The molecule has 4 N–H and O–H groups in total. The van der Waals surface area contributed by atoms with Crippen LogP contribution in [0.4, 0.5) is 28.8 Å². The smallest absolute Gasteiger partial charge is 0.437 e. The summed E-state index contributed by atoms with van der Waals surface area (Å²) in [5.74, 6) is -0.162. The van der Waals surface area contributed by atoms with Crippen LogP contribution in [0.3, 0.4) is 0 Å². The van der Waals surface area contributed by atoms with E-state index in [1.807, 2.05) is 0 Å². The molecule has 0 aliphatic rings. The lowest BCUT2D eigenvalue weighted by Gasteiger charge is -2.34. The molecule has 0 aromatic heterocycles. The molecule has 0 spiro atoms. The van der Waals surface area contributed by atoms with E-state index >= 15 is 0 Å². The molecule has 0 unspecified atom stereocenters. The highest BCUT2D eigenvalue weighted by atomic mass is 16.6. The summed E-state index contributed by atoms with van der Waals surface area (Å²) >= 11 is 0. The molecule has 21 nitrogen and oxygen atoms in total. The molecule has 1 aromatic rings. The number of ether oxygens (including phenoxy) is 7. The maximum Gasteiger partial charge on any atom is 0.437 e. The molecule has 0 saturated carbocycles. The third-order valence-electron chi connectivity index (χ3n) is 7.93. The van der Waals surface area contributed by atoms with E-state index in [-0.39, 0.29) is 44.0 Å². The predicted octanol–water partition coefficient (Wildman–Crippen LogP) is 10.4. The summed E-state index contributed by atoms with van der Waals surface area (Å²) in [6.07, 6.45) is -2.59. The molecule has 21 heteroatoms. The summed E-state index contributed by atoms with van der Waals surface area (Å²) in [5.41, 5.74) is -4.86. The van der Waals surface area contributed by atoms with E-state index in [1.165, 1.54) is 0 Å². The first-order valence-electron chi connectivity index (χ1n) is 23.5.